The van der Waals surface area contributed by atoms with E-state index in [9.17, 15) is 18.0 Å². The van der Waals surface area contributed by atoms with E-state index in [1.165, 1.54) is 12.1 Å². The number of hydrogen-bond acceptors (Lipinski definition) is 3. The van der Waals surface area contributed by atoms with Gasteiger partial charge in [0, 0.05) is 17.4 Å². The highest BCUT2D eigenvalue weighted by Crippen LogP contribution is 2.34. The first kappa shape index (κ1) is 14.7. The number of rotatable bonds is 2. The maximum absolute atomic E-state index is 12.8. The highest BCUT2D eigenvalue weighted by atomic mass is 32.2. The van der Waals surface area contributed by atoms with Crippen molar-refractivity contribution in [2.45, 2.75) is 12.6 Å². The SMILES string of the molecule is N#Cc1ccc(NC(=O)C2CCSC2)cc1C(F)(F)F. The molecule has 1 N–H and O–H groups in total. The van der Waals surface area contributed by atoms with Crippen molar-refractivity contribution < 1.29 is 18.0 Å². The average Bonchev–Trinajstić information content (AvgIpc) is 2.91. The predicted molar refractivity (Wildman–Crippen MR) is 70.2 cm³/mol. The number of nitriles is 1. The Balaban J connectivity index is 2.21. The number of nitrogens with one attached hydrogen (secondary N) is 1. The number of hydrogen-bond donors (Lipinski definition) is 1. The second-order valence-electron chi connectivity index (χ2n) is 4.42. The van der Waals surface area contributed by atoms with Gasteiger partial charge < -0.3 is 5.32 Å². The zero-order valence-corrected chi connectivity index (χ0v) is 11.1. The molecule has 7 heteroatoms. The fourth-order valence-electron chi connectivity index (χ4n) is 1.94. The Kier molecular flexibility index (Phi) is 4.23. The molecule has 0 aliphatic carbocycles. The minimum Gasteiger partial charge on any atom is -0.326 e. The number of halogens is 3. The van der Waals surface area contributed by atoms with E-state index in [-0.39, 0.29) is 17.5 Å². The maximum Gasteiger partial charge on any atom is 0.417 e. The minimum absolute atomic E-state index is 0.0678. The fraction of sp³-hybridized carbons (Fsp3) is 0.385. The van der Waals surface area contributed by atoms with E-state index in [1.54, 1.807) is 11.8 Å². The van der Waals surface area contributed by atoms with Gasteiger partial charge in [-0.2, -0.15) is 30.2 Å². The van der Waals surface area contributed by atoms with Gasteiger partial charge in [0.25, 0.3) is 0 Å². The highest BCUT2D eigenvalue weighted by molar-refractivity contribution is 7.99. The molecule has 1 aliphatic heterocycles. The van der Waals surface area contributed by atoms with Crippen LogP contribution in [0.2, 0.25) is 0 Å². The van der Waals surface area contributed by atoms with Crippen molar-refractivity contribution in [1.29, 1.82) is 5.26 Å². The number of carbonyl (C=O) groups excluding carboxylic acids is 1. The van der Waals surface area contributed by atoms with E-state index >= 15 is 0 Å². The molecule has 0 spiro atoms. The predicted octanol–water partition coefficient (Wildman–Crippen LogP) is 3.27. The van der Waals surface area contributed by atoms with Gasteiger partial charge in [-0.15, -0.1) is 0 Å². The molecule has 1 aromatic rings. The van der Waals surface area contributed by atoms with Crippen molar-refractivity contribution in [3.05, 3.63) is 29.3 Å². The molecule has 3 nitrogen and oxygen atoms in total. The molecule has 0 radical (unpaired) electrons. The minimum atomic E-state index is -4.62. The van der Waals surface area contributed by atoms with Crippen molar-refractivity contribution in [2.75, 3.05) is 16.8 Å². The summed E-state index contributed by atoms with van der Waals surface area (Å²) >= 11 is 1.65. The third kappa shape index (κ3) is 3.25. The number of nitrogens with zero attached hydrogens (tertiary/aromatic N) is 1. The molecule has 2 rings (SSSR count). The first-order valence-electron chi connectivity index (χ1n) is 5.92. The zero-order chi connectivity index (χ0) is 14.8. The van der Waals surface area contributed by atoms with E-state index in [4.69, 9.17) is 5.26 Å². The lowest BCUT2D eigenvalue weighted by atomic mass is 10.1. The van der Waals surface area contributed by atoms with Crippen LogP contribution < -0.4 is 5.32 Å². The molecule has 106 valence electrons. The molecule has 1 fully saturated rings. The summed E-state index contributed by atoms with van der Waals surface area (Å²) in [5, 5.41) is 11.2. The number of amides is 1. The summed E-state index contributed by atoms with van der Waals surface area (Å²) in [6, 6.07) is 4.69. The number of benzene rings is 1. The third-order valence-electron chi connectivity index (χ3n) is 3.01. The van der Waals surface area contributed by atoms with Crippen molar-refractivity contribution in [1.82, 2.24) is 0 Å². The molecule has 0 aromatic heterocycles. The van der Waals surface area contributed by atoms with Gasteiger partial charge in [0.15, 0.2) is 0 Å². The van der Waals surface area contributed by atoms with Crippen LogP contribution in [-0.4, -0.2) is 17.4 Å². The van der Waals surface area contributed by atoms with E-state index in [1.807, 2.05) is 0 Å². The Morgan fingerprint density at radius 1 is 1.45 bits per heavy atom. The molecule has 0 saturated carbocycles. The van der Waals surface area contributed by atoms with Crippen LogP contribution in [0.15, 0.2) is 18.2 Å². The van der Waals surface area contributed by atoms with Gasteiger partial charge in [-0.25, -0.2) is 0 Å². The molecule has 0 bridgehead atoms. The van der Waals surface area contributed by atoms with E-state index in [0.717, 1.165) is 24.3 Å². The highest BCUT2D eigenvalue weighted by Gasteiger charge is 2.34. The summed E-state index contributed by atoms with van der Waals surface area (Å²) in [6.45, 7) is 0. The van der Waals surface area contributed by atoms with Crippen molar-refractivity contribution in [3.63, 3.8) is 0 Å². The van der Waals surface area contributed by atoms with Gasteiger partial charge >= 0.3 is 6.18 Å². The van der Waals surface area contributed by atoms with Crippen LogP contribution in [0.1, 0.15) is 17.5 Å². The molecule has 20 heavy (non-hydrogen) atoms. The Morgan fingerprint density at radius 3 is 2.75 bits per heavy atom. The third-order valence-corrected chi connectivity index (χ3v) is 4.18. The summed E-state index contributed by atoms with van der Waals surface area (Å²) in [6.07, 6.45) is -3.88. The molecule has 1 saturated heterocycles. The Hall–Kier alpha value is -1.68. The Labute approximate surface area is 118 Å². The quantitative estimate of drug-likeness (QED) is 0.912. The van der Waals surface area contributed by atoms with Crippen LogP contribution in [0.4, 0.5) is 18.9 Å². The number of thioether (sulfide) groups is 1. The lowest BCUT2D eigenvalue weighted by molar-refractivity contribution is -0.137. The van der Waals surface area contributed by atoms with Gasteiger partial charge in [-0.3, -0.25) is 4.79 Å². The van der Waals surface area contributed by atoms with E-state index in [2.05, 4.69) is 5.32 Å². The summed E-state index contributed by atoms with van der Waals surface area (Å²) in [7, 11) is 0. The normalized spacial score (nSPS) is 18.6. The van der Waals surface area contributed by atoms with Crippen LogP contribution in [0.25, 0.3) is 0 Å². The van der Waals surface area contributed by atoms with Crippen molar-refractivity contribution in [3.8, 4) is 6.07 Å². The van der Waals surface area contributed by atoms with Crippen molar-refractivity contribution >= 4 is 23.4 Å². The van der Waals surface area contributed by atoms with Crippen LogP contribution in [-0.2, 0) is 11.0 Å². The molecule has 1 aromatic carbocycles. The van der Waals surface area contributed by atoms with Gasteiger partial charge in [-0.05, 0) is 30.4 Å². The molecular weight excluding hydrogens is 289 g/mol. The number of carbonyl (C=O) groups is 1. The topological polar surface area (TPSA) is 52.9 Å². The van der Waals surface area contributed by atoms with E-state index in [0.29, 0.717) is 5.75 Å². The van der Waals surface area contributed by atoms with Crippen LogP contribution in [0, 0.1) is 17.2 Å². The Bertz CT molecular complexity index is 560. The molecule has 1 amide bonds. The van der Waals surface area contributed by atoms with Crippen molar-refractivity contribution in [2.24, 2.45) is 5.92 Å². The molecule has 1 unspecified atom stereocenters. The fourth-order valence-corrected chi connectivity index (χ4v) is 3.16. The first-order valence-corrected chi connectivity index (χ1v) is 7.07. The standard InChI is InChI=1S/C13H11F3N2OS/c14-13(15,16)11-5-10(2-1-8(11)6-17)18-12(19)9-3-4-20-7-9/h1-2,5,9H,3-4,7H2,(H,18,19). The monoisotopic (exact) mass is 300 g/mol. The smallest absolute Gasteiger partial charge is 0.326 e. The summed E-state index contributed by atoms with van der Waals surface area (Å²) in [5.41, 5.74) is -1.41. The maximum atomic E-state index is 12.8. The lowest BCUT2D eigenvalue weighted by Gasteiger charge is -2.13. The molecule has 1 atom stereocenters. The van der Waals surface area contributed by atoms with Crippen LogP contribution in [0.3, 0.4) is 0 Å². The number of alkyl halides is 3. The van der Waals surface area contributed by atoms with E-state index < -0.39 is 17.3 Å². The average molecular weight is 300 g/mol. The first-order chi connectivity index (χ1) is 9.41. The van der Waals surface area contributed by atoms with Crippen LogP contribution >= 0.6 is 11.8 Å². The van der Waals surface area contributed by atoms with Gasteiger partial charge in [0.2, 0.25) is 5.91 Å². The van der Waals surface area contributed by atoms with Gasteiger partial charge in [-0.1, -0.05) is 0 Å². The summed E-state index contributed by atoms with van der Waals surface area (Å²) < 4.78 is 38.4. The Morgan fingerprint density at radius 2 is 2.20 bits per heavy atom. The van der Waals surface area contributed by atoms with Crippen LogP contribution in [0.5, 0.6) is 0 Å². The molecule has 1 aliphatic rings. The molecular formula is C13H11F3N2OS. The van der Waals surface area contributed by atoms with Gasteiger partial charge in [0.05, 0.1) is 17.2 Å². The number of anilines is 1. The zero-order valence-electron chi connectivity index (χ0n) is 10.3. The second kappa shape index (κ2) is 5.75. The molecule has 1 heterocycles. The summed E-state index contributed by atoms with van der Waals surface area (Å²) in [5.74, 6) is 1.14. The second-order valence-corrected chi connectivity index (χ2v) is 5.57. The largest absolute Gasteiger partial charge is 0.417 e. The summed E-state index contributed by atoms with van der Waals surface area (Å²) in [4.78, 5) is 11.9. The van der Waals surface area contributed by atoms with Gasteiger partial charge in [0.1, 0.15) is 0 Å². The lowest BCUT2D eigenvalue weighted by Crippen LogP contribution is -2.22.